The predicted octanol–water partition coefficient (Wildman–Crippen LogP) is 2.29. The monoisotopic (exact) mass is 286 g/mol. The van der Waals surface area contributed by atoms with Crippen molar-refractivity contribution in [1.82, 2.24) is 5.16 Å². The fraction of sp³-hybridized carbons (Fsp3) is 0.214. The minimum Gasteiger partial charge on any atom is -0.360 e. The van der Waals surface area contributed by atoms with Gasteiger partial charge in [0, 0.05) is 23.4 Å². The van der Waals surface area contributed by atoms with E-state index in [1.165, 1.54) is 0 Å². The third-order valence-corrected chi connectivity index (χ3v) is 3.15. The number of primary amides is 1. The minimum atomic E-state index is -0.637. The summed E-state index contributed by atoms with van der Waals surface area (Å²) in [5.74, 6) is 0.848. The quantitative estimate of drug-likeness (QED) is 0.800. The van der Waals surface area contributed by atoms with Gasteiger partial charge in [-0.05, 0) is 37.1 Å². The van der Waals surface area contributed by atoms with Gasteiger partial charge < -0.3 is 20.9 Å². The molecule has 0 aliphatic heterocycles. The van der Waals surface area contributed by atoms with Crippen molar-refractivity contribution in [2.75, 3.05) is 10.6 Å². The molecule has 108 valence electrons. The molecule has 2 aromatic rings. The number of hydrogen-bond donors (Lipinski definition) is 3. The Balaban J connectivity index is 1.64. The second-order valence-corrected chi connectivity index (χ2v) is 4.91. The summed E-state index contributed by atoms with van der Waals surface area (Å²) in [6.45, 7) is 0. The highest BCUT2D eigenvalue weighted by atomic mass is 16.5. The van der Waals surface area contributed by atoms with E-state index in [1.54, 1.807) is 30.3 Å². The van der Waals surface area contributed by atoms with E-state index in [0.717, 1.165) is 18.6 Å². The average molecular weight is 286 g/mol. The van der Waals surface area contributed by atoms with Gasteiger partial charge in [0.25, 0.3) is 5.91 Å². The van der Waals surface area contributed by atoms with Gasteiger partial charge in [0.2, 0.25) is 0 Å². The maximum atomic E-state index is 12.0. The van der Waals surface area contributed by atoms with Crippen LogP contribution in [0.1, 0.15) is 35.0 Å². The summed E-state index contributed by atoms with van der Waals surface area (Å²) in [4.78, 5) is 22.7. The standard InChI is InChI=1S/C14H14N4O3/c15-14(20)17-10-5-3-9(4-6-10)16-13(19)11-7-12(21-18-11)8-1-2-8/h3-8H,1-2H2,(H,16,19)(H3,15,17,20). The van der Waals surface area contributed by atoms with Crippen molar-refractivity contribution in [2.24, 2.45) is 5.73 Å². The summed E-state index contributed by atoms with van der Waals surface area (Å²) in [6, 6.07) is 7.63. The molecule has 0 unspecified atom stereocenters. The Morgan fingerprint density at radius 3 is 2.33 bits per heavy atom. The molecule has 1 saturated carbocycles. The number of carbonyl (C=O) groups is 2. The van der Waals surface area contributed by atoms with Crippen LogP contribution in [0.15, 0.2) is 34.9 Å². The Hall–Kier alpha value is -2.83. The number of anilines is 2. The zero-order valence-corrected chi connectivity index (χ0v) is 11.1. The lowest BCUT2D eigenvalue weighted by molar-refractivity contribution is 0.101. The highest BCUT2D eigenvalue weighted by molar-refractivity contribution is 6.03. The number of rotatable bonds is 4. The second-order valence-electron chi connectivity index (χ2n) is 4.91. The van der Waals surface area contributed by atoms with Crippen LogP contribution >= 0.6 is 0 Å². The first-order valence-corrected chi connectivity index (χ1v) is 6.56. The number of urea groups is 1. The molecule has 1 fully saturated rings. The van der Waals surface area contributed by atoms with E-state index >= 15 is 0 Å². The molecule has 3 rings (SSSR count). The van der Waals surface area contributed by atoms with Gasteiger partial charge in [0.1, 0.15) is 5.76 Å². The van der Waals surface area contributed by atoms with Crippen LogP contribution in [0.5, 0.6) is 0 Å². The van der Waals surface area contributed by atoms with Crippen LogP contribution in [0.3, 0.4) is 0 Å². The Morgan fingerprint density at radius 2 is 1.76 bits per heavy atom. The van der Waals surface area contributed by atoms with Crippen molar-refractivity contribution in [3.05, 3.63) is 41.8 Å². The maximum Gasteiger partial charge on any atom is 0.316 e. The molecular weight excluding hydrogens is 272 g/mol. The van der Waals surface area contributed by atoms with Crippen LogP contribution < -0.4 is 16.4 Å². The van der Waals surface area contributed by atoms with Gasteiger partial charge in [-0.15, -0.1) is 0 Å². The normalized spacial score (nSPS) is 13.7. The van der Waals surface area contributed by atoms with E-state index in [4.69, 9.17) is 10.3 Å². The van der Waals surface area contributed by atoms with Crippen LogP contribution in [0.2, 0.25) is 0 Å². The lowest BCUT2D eigenvalue weighted by Gasteiger charge is -2.05. The topological polar surface area (TPSA) is 110 Å². The fourth-order valence-electron chi connectivity index (χ4n) is 1.93. The molecule has 1 aliphatic rings. The van der Waals surface area contributed by atoms with Gasteiger partial charge in [-0.1, -0.05) is 5.16 Å². The number of nitrogens with two attached hydrogens (primary N) is 1. The molecule has 0 spiro atoms. The van der Waals surface area contributed by atoms with E-state index in [9.17, 15) is 9.59 Å². The predicted molar refractivity (Wildman–Crippen MR) is 76.1 cm³/mol. The Kier molecular flexibility index (Phi) is 3.31. The lowest BCUT2D eigenvalue weighted by atomic mass is 10.2. The van der Waals surface area contributed by atoms with E-state index in [-0.39, 0.29) is 11.6 Å². The van der Waals surface area contributed by atoms with E-state index < -0.39 is 6.03 Å². The van der Waals surface area contributed by atoms with Gasteiger partial charge >= 0.3 is 6.03 Å². The van der Waals surface area contributed by atoms with Gasteiger partial charge in [0.05, 0.1) is 0 Å². The zero-order chi connectivity index (χ0) is 14.8. The van der Waals surface area contributed by atoms with Crippen molar-refractivity contribution < 1.29 is 14.1 Å². The summed E-state index contributed by atoms with van der Waals surface area (Å²) in [7, 11) is 0. The first-order chi connectivity index (χ1) is 10.1. The van der Waals surface area contributed by atoms with E-state index in [0.29, 0.717) is 17.3 Å². The van der Waals surface area contributed by atoms with Crippen molar-refractivity contribution in [3.63, 3.8) is 0 Å². The highest BCUT2D eigenvalue weighted by Crippen LogP contribution is 2.40. The number of nitrogens with zero attached hydrogens (tertiary/aromatic N) is 1. The molecule has 21 heavy (non-hydrogen) atoms. The van der Waals surface area contributed by atoms with Gasteiger partial charge in [-0.2, -0.15) is 0 Å². The molecule has 0 radical (unpaired) electrons. The number of benzene rings is 1. The van der Waals surface area contributed by atoms with Crippen molar-refractivity contribution in [1.29, 1.82) is 0 Å². The number of hydrogen-bond acceptors (Lipinski definition) is 4. The molecule has 1 aliphatic carbocycles. The molecule has 1 aromatic carbocycles. The number of nitrogens with one attached hydrogen (secondary N) is 2. The molecule has 7 nitrogen and oxygen atoms in total. The summed E-state index contributed by atoms with van der Waals surface area (Å²) >= 11 is 0. The number of amides is 3. The molecule has 0 saturated heterocycles. The van der Waals surface area contributed by atoms with Gasteiger partial charge in [0.15, 0.2) is 5.69 Å². The molecule has 0 atom stereocenters. The molecular formula is C14H14N4O3. The fourth-order valence-corrected chi connectivity index (χ4v) is 1.93. The van der Waals surface area contributed by atoms with Crippen LogP contribution in [-0.4, -0.2) is 17.1 Å². The first kappa shape index (κ1) is 13.2. The summed E-state index contributed by atoms with van der Waals surface area (Å²) in [6.07, 6.45) is 2.18. The average Bonchev–Trinajstić information content (AvgIpc) is 3.18. The second kappa shape index (κ2) is 5.28. The van der Waals surface area contributed by atoms with Crippen LogP contribution in [0, 0.1) is 0 Å². The van der Waals surface area contributed by atoms with Crippen molar-refractivity contribution in [2.45, 2.75) is 18.8 Å². The number of carbonyl (C=O) groups excluding carboxylic acids is 2. The molecule has 1 aromatic heterocycles. The third kappa shape index (κ3) is 3.19. The van der Waals surface area contributed by atoms with Crippen molar-refractivity contribution >= 4 is 23.3 Å². The largest absolute Gasteiger partial charge is 0.360 e. The summed E-state index contributed by atoms with van der Waals surface area (Å²) in [5, 5.41) is 8.91. The number of aromatic nitrogens is 1. The van der Waals surface area contributed by atoms with Crippen LogP contribution in [0.25, 0.3) is 0 Å². The molecule has 0 bridgehead atoms. The SMILES string of the molecule is NC(=O)Nc1ccc(NC(=O)c2cc(C3CC3)on2)cc1. The lowest BCUT2D eigenvalue weighted by Crippen LogP contribution is -2.19. The minimum absolute atomic E-state index is 0.260. The van der Waals surface area contributed by atoms with Crippen LogP contribution in [0.4, 0.5) is 16.2 Å². The Bertz CT molecular complexity index is 674. The third-order valence-electron chi connectivity index (χ3n) is 3.15. The Morgan fingerprint density at radius 1 is 1.14 bits per heavy atom. The first-order valence-electron chi connectivity index (χ1n) is 6.56. The van der Waals surface area contributed by atoms with Crippen LogP contribution in [-0.2, 0) is 0 Å². The molecule has 3 amide bonds. The van der Waals surface area contributed by atoms with Crippen molar-refractivity contribution in [3.8, 4) is 0 Å². The summed E-state index contributed by atoms with van der Waals surface area (Å²) < 4.78 is 5.14. The zero-order valence-electron chi connectivity index (χ0n) is 11.1. The smallest absolute Gasteiger partial charge is 0.316 e. The van der Waals surface area contributed by atoms with Gasteiger partial charge in [-0.3, -0.25) is 4.79 Å². The molecule has 4 N–H and O–H groups in total. The molecule has 7 heteroatoms. The van der Waals surface area contributed by atoms with E-state index in [2.05, 4.69) is 15.8 Å². The maximum absolute atomic E-state index is 12.0. The highest BCUT2D eigenvalue weighted by Gasteiger charge is 2.28. The van der Waals surface area contributed by atoms with Gasteiger partial charge in [-0.25, -0.2) is 4.79 Å². The van der Waals surface area contributed by atoms with E-state index in [1.807, 2.05) is 0 Å². The Labute approximate surface area is 120 Å². The summed E-state index contributed by atoms with van der Waals surface area (Å²) in [5.41, 5.74) is 6.42. The molecule has 1 heterocycles.